The minimum atomic E-state index is -0.0557. The Morgan fingerprint density at radius 3 is 2.54 bits per heavy atom. The van der Waals surface area contributed by atoms with E-state index in [2.05, 4.69) is 44.0 Å². The van der Waals surface area contributed by atoms with E-state index in [4.69, 9.17) is 12.6 Å². The molecule has 0 radical (unpaired) electrons. The Labute approximate surface area is 183 Å². The fourth-order valence-corrected chi connectivity index (χ4v) is 8.48. The maximum absolute atomic E-state index is 13.4. The van der Waals surface area contributed by atoms with E-state index in [1.54, 1.807) is 11.8 Å². The van der Waals surface area contributed by atoms with Gasteiger partial charge in [0, 0.05) is 27.1 Å². The molecule has 4 aliphatic carbocycles. The van der Waals surface area contributed by atoms with Crippen LogP contribution in [-0.4, -0.2) is 26.5 Å². The molecule has 1 aromatic heterocycles. The molecule has 2 heterocycles. The quantitative estimate of drug-likeness (QED) is 0.420. The summed E-state index contributed by atoms with van der Waals surface area (Å²) < 4.78 is 1.01. The van der Waals surface area contributed by atoms with Gasteiger partial charge in [-0.25, -0.2) is 0 Å². The molecule has 1 unspecified atom stereocenters. The molecule has 4 bridgehead atoms. The van der Waals surface area contributed by atoms with Crippen molar-refractivity contribution >= 4 is 63.2 Å². The second-order valence-corrected chi connectivity index (χ2v) is 11.9. The number of carbonyl (C=O) groups excluding carboxylic acids is 1. The first-order chi connectivity index (χ1) is 13.5. The van der Waals surface area contributed by atoms with Gasteiger partial charge in [0.1, 0.15) is 4.71 Å². The summed E-state index contributed by atoms with van der Waals surface area (Å²) in [5, 5.41) is 1.15. The molecular formula is C22H23BrN2OS2. The molecule has 28 heavy (non-hydrogen) atoms. The molecule has 5 aliphatic rings. The molecule has 146 valence electrons. The van der Waals surface area contributed by atoms with Crippen molar-refractivity contribution in [2.24, 2.45) is 23.7 Å². The molecule has 1 aromatic carbocycles. The van der Waals surface area contributed by atoms with Gasteiger partial charge in [-0.3, -0.25) is 4.79 Å². The van der Waals surface area contributed by atoms with Crippen LogP contribution in [0.5, 0.6) is 0 Å². The maximum Gasteiger partial charge on any atom is 0.262 e. The third kappa shape index (κ3) is 2.82. The smallest absolute Gasteiger partial charge is 0.262 e. The van der Waals surface area contributed by atoms with E-state index in [1.165, 1.54) is 32.1 Å². The Bertz CT molecular complexity index is 972. The van der Waals surface area contributed by atoms with Crippen molar-refractivity contribution in [2.45, 2.75) is 42.9 Å². The number of fused-ring (bicyclic) bond motifs is 1. The number of hydrogen-bond donors (Lipinski definition) is 2. The van der Waals surface area contributed by atoms with Crippen molar-refractivity contribution in [1.82, 2.24) is 9.88 Å². The van der Waals surface area contributed by atoms with Gasteiger partial charge in [0.15, 0.2) is 0 Å². The van der Waals surface area contributed by atoms with Crippen LogP contribution in [0.2, 0.25) is 0 Å². The van der Waals surface area contributed by atoms with Crippen LogP contribution < -0.4 is 0 Å². The zero-order valence-corrected chi connectivity index (χ0v) is 18.8. The average Bonchev–Trinajstić information content (AvgIpc) is 3.15. The second kappa shape index (κ2) is 6.58. The van der Waals surface area contributed by atoms with Crippen LogP contribution in [0.3, 0.4) is 0 Å². The molecular weight excluding hydrogens is 452 g/mol. The fraction of sp³-hybridized carbons (Fsp3) is 0.500. The van der Waals surface area contributed by atoms with Crippen molar-refractivity contribution in [2.75, 3.05) is 0 Å². The van der Waals surface area contributed by atoms with Crippen molar-refractivity contribution in [3.63, 3.8) is 0 Å². The largest absolute Gasteiger partial charge is 0.355 e. The van der Waals surface area contributed by atoms with Crippen molar-refractivity contribution in [3.8, 4) is 0 Å². The molecule has 3 nitrogen and oxygen atoms in total. The van der Waals surface area contributed by atoms with Gasteiger partial charge in [0.2, 0.25) is 0 Å². The summed E-state index contributed by atoms with van der Waals surface area (Å²) in [5.41, 5.74) is 2.07. The predicted molar refractivity (Wildman–Crippen MR) is 122 cm³/mol. The van der Waals surface area contributed by atoms with E-state index in [0.717, 1.165) is 37.8 Å². The fourth-order valence-electron chi connectivity index (χ4n) is 6.52. The van der Waals surface area contributed by atoms with Gasteiger partial charge in [0.05, 0.1) is 4.91 Å². The first kappa shape index (κ1) is 18.0. The molecule has 1 amide bonds. The summed E-state index contributed by atoms with van der Waals surface area (Å²) in [4.78, 5) is 19.8. The molecule has 6 heteroatoms. The highest BCUT2D eigenvalue weighted by Gasteiger charge is 2.53. The van der Waals surface area contributed by atoms with Gasteiger partial charge in [-0.05, 0) is 86.1 Å². The standard InChI is InChI=1S/C22H23BrN2OS2/c23-16-1-2-18-13(8-16)9-17(24-18)10-19-21(26)25(22(27)28-19)20-14-4-11-3-12(6-14)7-15(20)5-11/h1-2,8-12,14-15,20,22,24,27H,3-7H2/b19-10-. The number of amides is 1. The van der Waals surface area contributed by atoms with E-state index in [1.807, 2.05) is 12.1 Å². The first-order valence-corrected chi connectivity index (χ1v) is 12.4. The number of thioether (sulfide) groups is 1. The Balaban J connectivity index is 1.30. The van der Waals surface area contributed by atoms with Crippen molar-refractivity contribution < 1.29 is 4.79 Å². The number of rotatable bonds is 2. The Hall–Kier alpha value is -0.850. The lowest BCUT2D eigenvalue weighted by Gasteiger charge is -2.56. The number of hydrogen-bond acceptors (Lipinski definition) is 3. The lowest BCUT2D eigenvalue weighted by atomic mass is 9.54. The number of aromatic amines is 1. The molecule has 4 saturated carbocycles. The van der Waals surface area contributed by atoms with E-state index in [0.29, 0.717) is 17.9 Å². The Kier molecular flexibility index (Phi) is 4.22. The summed E-state index contributed by atoms with van der Waals surface area (Å²) in [5.74, 6) is 3.41. The highest BCUT2D eigenvalue weighted by molar-refractivity contribution is 9.10. The van der Waals surface area contributed by atoms with Crippen LogP contribution in [-0.2, 0) is 4.79 Å². The van der Waals surface area contributed by atoms with Crippen LogP contribution in [0.25, 0.3) is 17.0 Å². The number of aromatic nitrogens is 1. The topological polar surface area (TPSA) is 36.1 Å². The van der Waals surface area contributed by atoms with E-state index >= 15 is 0 Å². The molecule has 7 rings (SSSR count). The third-order valence-electron chi connectivity index (χ3n) is 7.30. The summed E-state index contributed by atoms with van der Waals surface area (Å²) in [7, 11) is 0. The Morgan fingerprint density at radius 1 is 1.11 bits per heavy atom. The van der Waals surface area contributed by atoms with Crippen LogP contribution in [0.15, 0.2) is 33.6 Å². The molecule has 1 N–H and O–H groups in total. The summed E-state index contributed by atoms with van der Waals surface area (Å²) in [6.45, 7) is 0. The van der Waals surface area contributed by atoms with Gasteiger partial charge < -0.3 is 9.88 Å². The van der Waals surface area contributed by atoms with Crippen LogP contribution >= 0.6 is 40.3 Å². The second-order valence-electron chi connectivity index (χ2n) is 9.04. The molecule has 2 aromatic rings. The number of carbonyl (C=O) groups is 1. The number of nitrogens with zero attached hydrogens (tertiary/aromatic N) is 1. The number of H-pyrrole nitrogens is 1. The monoisotopic (exact) mass is 474 g/mol. The number of thiol groups is 1. The maximum atomic E-state index is 13.4. The highest BCUT2D eigenvalue weighted by Crippen LogP contribution is 2.57. The minimum absolute atomic E-state index is 0.0557. The Morgan fingerprint density at radius 2 is 1.82 bits per heavy atom. The normalized spacial score (nSPS) is 38.3. The highest BCUT2D eigenvalue weighted by atomic mass is 79.9. The van der Waals surface area contributed by atoms with Gasteiger partial charge in [0.25, 0.3) is 5.91 Å². The molecule has 1 saturated heterocycles. The van der Waals surface area contributed by atoms with Gasteiger partial charge >= 0.3 is 0 Å². The van der Waals surface area contributed by atoms with E-state index < -0.39 is 0 Å². The lowest BCUT2D eigenvalue weighted by molar-refractivity contribution is -0.136. The number of benzene rings is 1. The van der Waals surface area contributed by atoms with Crippen LogP contribution in [0, 0.1) is 23.7 Å². The van der Waals surface area contributed by atoms with Crippen LogP contribution in [0.4, 0.5) is 0 Å². The molecule has 0 spiro atoms. The molecule has 5 fully saturated rings. The SMILES string of the molecule is O=C1/C(=C/c2cc3cc(Br)ccc3[nH]2)SC(S)N1C1C2CC3CC(C2)CC1C3. The number of halogens is 1. The van der Waals surface area contributed by atoms with Gasteiger partial charge in [-0.2, -0.15) is 0 Å². The first-order valence-electron chi connectivity index (χ1n) is 10.2. The predicted octanol–water partition coefficient (Wildman–Crippen LogP) is 5.88. The molecule has 1 atom stereocenters. The number of nitrogens with one attached hydrogen (secondary N) is 1. The zero-order valence-electron chi connectivity index (χ0n) is 15.5. The summed E-state index contributed by atoms with van der Waals surface area (Å²) in [6, 6.07) is 8.70. The summed E-state index contributed by atoms with van der Waals surface area (Å²) >= 11 is 9.97. The average molecular weight is 475 g/mol. The van der Waals surface area contributed by atoms with Crippen molar-refractivity contribution in [3.05, 3.63) is 39.3 Å². The van der Waals surface area contributed by atoms with E-state index in [9.17, 15) is 4.79 Å². The van der Waals surface area contributed by atoms with Crippen LogP contribution in [0.1, 0.15) is 37.8 Å². The van der Waals surface area contributed by atoms with Gasteiger partial charge in [-0.1, -0.05) is 27.7 Å². The zero-order chi connectivity index (χ0) is 19.0. The third-order valence-corrected chi connectivity index (χ3v) is 9.35. The van der Waals surface area contributed by atoms with E-state index in [-0.39, 0.29) is 10.6 Å². The lowest BCUT2D eigenvalue weighted by Crippen LogP contribution is -2.57. The minimum Gasteiger partial charge on any atom is -0.355 e. The summed E-state index contributed by atoms with van der Waals surface area (Å²) in [6.07, 6.45) is 8.74. The van der Waals surface area contributed by atoms with Gasteiger partial charge in [-0.15, -0.1) is 12.6 Å². The van der Waals surface area contributed by atoms with Crippen molar-refractivity contribution in [1.29, 1.82) is 0 Å². The molecule has 1 aliphatic heterocycles.